The first kappa shape index (κ1) is 14.5. The Kier molecular flexibility index (Phi) is 5.40. The largest absolute Gasteiger partial charge is 0.336 e. The Hall–Kier alpha value is -0.870. The van der Waals surface area contributed by atoms with Crippen molar-refractivity contribution in [1.82, 2.24) is 14.5 Å². The Bertz CT molecular complexity index is 366. The van der Waals surface area contributed by atoms with Crippen molar-refractivity contribution in [3.63, 3.8) is 0 Å². The van der Waals surface area contributed by atoms with Gasteiger partial charge in [0.1, 0.15) is 0 Å². The van der Waals surface area contributed by atoms with Gasteiger partial charge in [-0.15, -0.1) is 0 Å². The molecule has 108 valence electrons. The van der Waals surface area contributed by atoms with Crippen LogP contribution in [-0.4, -0.2) is 34.1 Å². The molecule has 0 saturated heterocycles. The number of imidazole rings is 1. The third-order valence-electron chi connectivity index (χ3n) is 4.50. The lowest BCUT2D eigenvalue weighted by Crippen LogP contribution is -2.34. The minimum absolute atomic E-state index is 0.673. The summed E-state index contributed by atoms with van der Waals surface area (Å²) >= 11 is 0. The third-order valence-corrected chi connectivity index (χ3v) is 4.50. The lowest BCUT2D eigenvalue weighted by atomic mass is 9.84. The average molecular weight is 264 g/mol. The molecule has 1 fully saturated rings. The van der Waals surface area contributed by atoms with E-state index in [1.165, 1.54) is 32.1 Å². The van der Waals surface area contributed by atoms with Gasteiger partial charge in [-0.25, -0.2) is 4.98 Å². The van der Waals surface area contributed by atoms with E-state index in [9.17, 15) is 0 Å². The van der Waals surface area contributed by atoms with Crippen LogP contribution in [0, 0.1) is 5.92 Å². The highest BCUT2D eigenvalue weighted by Gasteiger charge is 2.23. The number of nitrogens with zero attached hydrogens (tertiary/aromatic N) is 3. The summed E-state index contributed by atoms with van der Waals surface area (Å²) in [6.07, 6.45) is 10.8. The normalized spacial score (nSPS) is 24.0. The first-order valence-electron chi connectivity index (χ1n) is 7.63. The molecular weight excluding hydrogens is 236 g/mol. The van der Waals surface area contributed by atoms with Gasteiger partial charge >= 0.3 is 0 Å². The van der Waals surface area contributed by atoms with Crippen molar-refractivity contribution < 1.29 is 0 Å². The topological polar surface area (TPSA) is 47.1 Å². The zero-order chi connectivity index (χ0) is 13.7. The van der Waals surface area contributed by atoms with Crippen molar-refractivity contribution in [2.75, 3.05) is 13.6 Å². The molecule has 1 aliphatic carbocycles. The van der Waals surface area contributed by atoms with Crippen LogP contribution in [0.15, 0.2) is 12.5 Å². The average Bonchev–Trinajstić information content (AvgIpc) is 2.86. The number of hydrogen-bond donors (Lipinski definition) is 1. The highest BCUT2D eigenvalue weighted by molar-refractivity contribution is 4.97. The summed E-state index contributed by atoms with van der Waals surface area (Å²) in [5, 5.41) is 0. The Morgan fingerprint density at radius 3 is 2.74 bits per heavy atom. The van der Waals surface area contributed by atoms with Crippen molar-refractivity contribution in [2.45, 2.75) is 58.2 Å². The maximum atomic E-state index is 5.56. The molecule has 0 spiro atoms. The van der Waals surface area contributed by atoms with Crippen LogP contribution in [0.3, 0.4) is 0 Å². The molecule has 1 aliphatic rings. The predicted molar refractivity (Wildman–Crippen MR) is 78.8 cm³/mol. The molecule has 2 N–H and O–H groups in total. The van der Waals surface area contributed by atoms with Gasteiger partial charge < -0.3 is 10.3 Å². The molecule has 0 bridgehead atoms. The molecule has 1 aromatic rings. The van der Waals surface area contributed by atoms with E-state index in [1.54, 1.807) is 0 Å². The van der Waals surface area contributed by atoms with Crippen molar-refractivity contribution >= 4 is 0 Å². The Labute approximate surface area is 117 Å². The van der Waals surface area contributed by atoms with E-state index in [-0.39, 0.29) is 0 Å². The van der Waals surface area contributed by atoms with Gasteiger partial charge in [-0.1, -0.05) is 13.3 Å². The number of rotatable bonds is 6. The second-order valence-corrected chi connectivity index (χ2v) is 5.89. The van der Waals surface area contributed by atoms with Crippen molar-refractivity contribution in [3.05, 3.63) is 18.2 Å². The van der Waals surface area contributed by atoms with E-state index < -0.39 is 0 Å². The van der Waals surface area contributed by atoms with Crippen LogP contribution < -0.4 is 5.73 Å². The Balaban J connectivity index is 1.81. The van der Waals surface area contributed by atoms with Gasteiger partial charge in [-0.3, -0.25) is 4.90 Å². The zero-order valence-electron chi connectivity index (χ0n) is 12.4. The molecule has 0 radical (unpaired) electrons. The monoisotopic (exact) mass is 264 g/mol. The van der Waals surface area contributed by atoms with Crippen LogP contribution in [0.5, 0.6) is 0 Å². The molecule has 4 heteroatoms. The quantitative estimate of drug-likeness (QED) is 0.857. The summed E-state index contributed by atoms with van der Waals surface area (Å²) in [5.74, 6) is 0.966. The first-order chi connectivity index (χ1) is 9.22. The molecule has 1 aromatic heterocycles. The zero-order valence-corrected chi connectivity index (χ0v) is 12.4. The van der Waals surface area contributed by atoms with E-state index in [2.05, 4.69) is 34.6 Å². The van der Waals surface area contributed by atoms with E-state index in [4.69, 9.17) is 5.73 Å². The first-order valence-corrected chi connectivity index (χ1v) is 7.63. The second-order valence-electron chi connectivity index (χ2n) is 5.89. The van der Waals surface area contributed by atoms with Crippen LogP contribution in [-0.2, 0) is 13.1 Å². The van der Waals surface area contributed by atoms with Crippen molar-refractivity contribution in [2.24, 2.45) is 11.7 Å². The molecule has 2 rings (SSSR count). The molecule has 4 nitrogen and oxygen atoms in total. The molecule has 0 unspecified atom stereocenters. The van der Waals surface area contributed by atoms with Crippen LogP contribution in [0.2, 0.25) is 0 Å². The van der Waals surface area contributed by atoms with Crippen molar-refractivity contribution in [3.8, 4) is 0 Å². The highest BCUT2D eigenvalue weighted by atomic mass is 15.1. The predicted octanol–water partition coefficient (Wildman–Crippen LogP) is 2.24. The number of hydrogen-bond acceptors (Lipinski definition) is 3. The van der Waals surface area contributed by atoms with Crippen LogP contribution in [0.1, 0.15) is 44.7 Å². The fraction of sp³-hybridized carbons (Fsp3) is 0.800. The lowest BCUT2D eigenvalue weighted by molar-refractivity contribution is 0.156. The Morgan fingerprint density at radius 2 is 2.11 bits per heavy atom. The smallest absolute Gasteiger partial charge is 0.0950 e. The molecule has 0 atom stereocenters. The summed E-state index contributed by atoms with van der Waals surface area (Å²) in [5.41, 5.74) is 6.72. The van der Waals surface area contributed by atoms with Crippen molar-refractivity contribution in [1.29, 1.82) is 0 Å². The van der Waals surface area contributed by atoms with Gasteiger partial charge in [0.25, 0.3) is 0 Å². The minimum atomic E-state index is 0.673. The molecule has 1 saturated carbocycles. The summed E-state index contributed by atoms with van der Waals surface area (Å²) < 4.78 is 2.08. The second kappa shape index (κ2) is 7.06. The minimum Gasteiger partial charge on any atom is -0.336 e. The van der Waals surface area contributed by atoms with Gasteiger partial charge in [0.15, 0.2) is 0 Å². The number of aromatic nitrogens is 2. The van der Waals surface area contributed by atoms with E-state index in [0.29, 0.717) is 6.54 Å². The standard InChI is InChI=1S/C15H28N4/c1-3-13-4-6-15(7-5-13)18(2)10-14-11-19(9-8-16)12-17-14/h11-13,15H,3-10,16H2,1-2H3. The third kappa shape index (κ3) is 4.05. The summed E-state index contributed by atoms with van der Waals surface area (Å²) in [6.45, 7) is 4.81. The maximum Gasteiger partial charge on any atom is 0.0950 e. The summed E-state index contributed by atoms with van der Waals surface area (Å²) in [6, 6.07) is 0.738. The maximum absolute atomic E-state index is 5.56. The molecule has 1 heterocycles. The fourth-order valence-corrected chi connectivity index (χ4v) is 3.14. The lowest BCUT2D eigenvalue weighted by Gasteiger charge is -2.34. The van der Waals surface area contributed by atoms with Gasteiger partial charge in [0, 0.05) is 31.9 Å². The van der Waals surface area contributed by atoms with E-state index in [1.807, 2.05) is 6.33 Å². The van der Waals surface area contributed by atoms with Crippen LogP contribution in [0.4, 0.5) is 0 Å². The molecular formula is C15H28N4. The molecule has 0 aromatic carbocycles. The van der Waals surface area contributed by atoms with Gasteiger partial charge in [-0.05, 0) is 38.6 Å². The Morgan fingerprint density at radius 1 is 1.37 bits per heavy atom. The van der Waals surface area contributed by atoms with E-state index in [0.717, 1.165) is 30.7 Å². The molecule has 0 amide bonds. The molecule has 0 aliphatic heterocycles. The fourth-order valence-electron chi connectivity index (χ4n) is 3.14. The van der Waals surface area contributed by atoms with E-state index >= 15 is 0 Å². The number of nitrogens with two attached hydrogens (primary N) is 1. The molecule has 19 heavy (non-hydrogen) atoms. The SMILES string of the molecule is CCC1CCC(N(C)Cc2cn(CCN)cn2)CC1. The summed E-state index contributed by atoms with van der Waals surface area (Å²) in [7, 11) is 2.24. The van der Waals surface area contributed by atoms with Gasteiger partial charge in [0.05, 0.1) is 12.0 Å². The van der Waals surface area contributed by atoms with Gasteiger partial charge in [0.2, 0.25) is 0 Å². The summed E-state index contributed by atoms with van der Waals surface area (Å²) in [4.78, 5) is 6.94. The van der Waals surface area contributed by atoms with Crippen LogP contribution >= 0.6 is 0 Å². The van der Waals surface area contributed by atoms with Gasteiger partial charge in [-0.2, -0.15) is 0 Å². The van der Waals surface area contributed by atoms with Crippen LogP contribution in [0.25, 0.3) is 0 Å². The highest BCUT2D eigenvalue weighted by Crippen LogP contribution is 2.29.